The van der Waals surface area contributed by atoms with E-state index < -0.39 is 22.6 Å². The van der Waals surface area contributed by atoms with E-state index in [0.717, 1.165) is 17.5 Å². The van der Waals surface area contributed by atoms with Crippen LogP contribution in [-0.4, -0.2) is 90.0 Å². The number of aliphatic hydroxyl groups is 1. The molecule has 0 radical (unpaired) electrons. The molecular formula is C26H29N5O5S. The number of amides is 2. The van der Waals surface area contributed by atoms with Crippen molar-refractivity contribution in [2.45, 2.75) is 42.0 Å². The molecule has 5 heterocycles. The molecule has 4 aliphatic rings. The fourth-order valence-electron chi connectivity index (χ4n) is 6.14. The quantitative estimate of drug-likeness (QED) is 0.328. The number of hydrogen-bond donors (Lipinski definition) is 1. The Bertz CT molecular complexity index is 1290. The first-order valence-electron chi connectivity index (χ1n) is 12.7. The Balaban J connectivity index is 1.36. The van der Waals surface area contributed by atoms with Crippen molar-refractivity contribution in [2.75, 3.05) is 26.3 Å². The Morgan fingerprint density at radius 1 is 1.11 bits per heavy atom. The number of cyclic esters (lactones) is 1. The third-order valence-electron chi connectivity index (χ3n) is 7.78. The number of carbonyl (C=O) groups excluding carboxylic acids is 3. The Morgan fingerprint density at radius 3 is 2.84 bits per heavy atom. The number of fused-ring (bicyclic) bond motifs is 3. The van der Waals surface area contributed by atoms with E-state index in [-0.39, 0.29) is 42.9 Å². The summed E-state index contributed by atoms with van der Waals surface area (Å²) in [6.07, 6.45) is 9.75. The lowest BCUT2D eigenvalue weighted by molar-refractivity contribution is -0.151. The molecule has 2 aromatic rings. The fraction of sp³-hybridized carbons (Fsp3) is 0.500. The van der Waals surface area contributed by atoms with Crippen LogP contribution in [0.1, 0.15) is 19.3 Å². The van der Waals surface area contributed by atoms with Crippen LogP contribution in [-0.2, 0) is 25.8 Å². The van der Waals surface area contributed by atoms with Crippen LogP contribution in [0.4, 0.5) is 0 Å². The minimum Gasteiger partial charge on any atom is -0.461 e. The van der Waals surface area contributed by atoms with Gasteiger partial charge in [-0.15, -0.1) is 16.9 Å². The molecule has 1 spiro atoms. The van der Waals surface area contributed by atoms with Crippen LogP contribution >= 0.6 is 11.8 Å². The number of benzene rings is 1. The van der Waals surface area contributed by atoms with Gasteiger partial charge in [0.1, 0.15) is 24.8 Å². The Morgan fingerprint density at radius 2 is 1.97 bits per heavy atom. The van der Waals surface area contributed by atoms with Gasteiger partial charge in [0.25, 0.3) is 0 Å². The molecule has 2 amide bonds. The molecule has 0 bridgehead atoms. The molecule has 0 saturated carbocycles. The molecule has 1 aromatic heterocycles. The molecule has 5 atom stereocenters. The van der Waals surface area contributed by atoms with Gasteiger partial charge in [0.15, 0.2) is 0 Å². The van der Waals surface area contributed by atoms with E-state index >= 15 is 0 Å². The van der Waals surface area contributed by atoms with Crippen molar-refractivity contribution in [1.82, 2.24) is 24.8 Å². The summed E-state index contributed by atoms with van der Waals surface area (Å²) in [6, 6.07) is 6.84. The molecule has 2 saturated heterocycles. The maximum absolute atomic E-state index is 14.3. The maximum Gasteiger partial charge on any atom is 0.311 e. The molecule has 10 nitrogen and oxygen atoms in total. The zero-order chi connectivity index (χ0) is 25.6. The topological polar surface area (TPSA) is 118 Å². The van der Waals surface area contributed by atoms with Crippen molar-refractivity contribution in [2.24, 2.45) is 11.8 Å². The second-order valence-corrected chi connectivity index (χ2v) is 11.4. The molecule has 6 rings (SSSR count). The van der Waals surface area contributed by atoms with E-state index in [1.165, 1.54) is 11.8 Å². The lowest BCUT2D eigenvalue weighted by Crippen LogP contribution is -2.53. The van der Waals surface area contributed by atoms with E-state index in [1.807, 2.05) is 48.6 Å². The lowest BCUT2D eigenvalue weighted by atomic mass is 9.78. The molecule has 0 aliphatic carbocycles. The van der Waals surface area contributed by atoms with Gasteiger partial charge >= 0.3 is 5.97 Å². The van der Waals surface area contributed by atoms with Crippen LogP contribution in [0.2, 0.25) is 0 Å². The molecule has 4 aliphatic heterocycles. The Kier molecular flexibility index (Phi) is 6.28. The van der Waals surface area contributed by atoms with E-state index in [4.69, 9.17) is 4.74 Å². The van der Waals surface area contributed by atoms with Gasteiger partial charge in [-0.05, 0) is 31.4 Å². The van der Waals surface area contributed by atoms with Gasteiger partial charge in [0.2, 0.25) is 11.8 Å². The van der Waals surface area contributed by atoms with Crippen LogP contribution in [0.5, 0.6) is 0 Å². The number of ether oxygens (including phenoxy) is 1. The second kappa shape index (κ2) is 9.60. The zero-order valence-electron chi connectivity index (χ0n) is 20.3. The highest BCUT2D eigenvalue weighted by atomic mass is 32.2. The van der Waals surface area contributed by atoms with Gasteiger partial charge in [-0.1, -0.05) is 41.7 Å². The maximum atomic E-state index is 14.3. The van der Waals surface area contributed by atoms with Crippen LogP contribution in [0.25, 0.3) is 11.0 Å². The van der Waals surface area contributed by atoms with Crippen molar-refractivity contribution in [3.8, 4) is 0 Å². The number of likely N-dealkylation sites (tertiary alicyclic amines) is 1. The first kappa shape index (κ1) is 24.2. The van der Waals surface area contributed by atoms with Crippen molar-refractivity contribution < 1.29 is 24.2 Å². The van der Waals surface area contributed by atoms with Crippen LogP contribution in [0, 0.1) is 11.8 Å². The molecule has 1 unspecified atom stereocenters. The summed E-state index contributed by atoms with van der Waals surface area (Å²) in [5.74, 6) is -2.02. The number of carbonyl (C=O) groups is 3. The molecule has 37 heavy (non-hydrogen) atoms. The van der Waals surface area contributed by atoms with Crippen molar-refractivity contribution in [3.63, 3.8) is 0 Å². The van der Waals surface area contributed by atoms with E-state index in [2.05, 4.69) is 10.3 Å². The normalized spacial score (nSPS) is 30.8. The highest BCUT2D eigenvalue weighted by molar-refractivity contribution is 8.02. The molecule has 11 heteroatoms. The fourth-order valence-corrected chi connectivity index (χ4v) is 8.14. The molecule has 1 aromatic carbocycles. The summed E-state index contributed by atoms with van der Waals surface area (Å²) in [7, 11) is 0. The predicted octanol–water partition coefficient (Wildman–Crippen LogP) is 1.36. The third-order valence-corrected chi connectivity index (χ3v) is 9.52. The minimum absolute atomic E-state index is 0.0863. The van der Waals surface area contributed by atoms with Gasteiger partial charge in [0, 0.05) is 24.9 Å². The van der Waals surface area contributed by atoms with Crippen LogP contribution in [0.15, 0.2) is 48.6 Å². The molecule has 2 fully saturated rings. The Labute approximate surface area is 218 Å². The standard InChI is InChI=1S/C26H29N5O5S/c32-14-5-1-4-13-30-22-24(34)29(16-31-18-9-3-2-8-17(18)27-28-31)12-7-11-26(22)21(23(30)33)20-19(37-26)10-6-15-36-25(20)35/h2-3,6-11,19-22,32H,1,4-5,12-16H2/t19-,20+,21-,22?,26-/m0/s1. The molecular weight excluding hydrogens is 494 g/mol. The number of aliphatic hydroxyl groups excluding tert-OH is 1. The summed E-state index contributed by atoms with van der Waals surface area (Å²) in [5.41, 5.74) is 1.57. The van der Waals surface area contributed by atoms with Gasteiger partial charge in [-0.2, -0.15) is 0 Å². The SMILES string of the molecule is O=C1OCC=C[C@@H]2S[C@]34C=CCN(Cn5nnc6ccccc65)C(=O)C3N(CCCCCO)C(=O)[C@@H]4[C@H]12. The number of hydrogen-bond acceptors (Lipinski definition) is 8. The monoisotopic (exact) mass is 523 g/mol. The summed E-state index contributed by atoms with van der Waals surface area (Å²) in [4.78, 5) is 44.6. The summed E-state index contributed by atoms with van der Waals surface area (Å²) in [5, 5.41) is 17.4. The van der Waals surface area contributed by atoms with E-state index in [0.29, 0.717) is 25.9 Å². The highest BCUT2D eigenvalue weighted by Crippen LogP contribution is 2.60. The van der Waals surface area contributed by atoms with Gasteiger partial charge < -0.3 is 19.6 Å². The van der Waals surface area contributed by atoms with Gasteiger partial charge in [-0.25, -0.2) is 4.68 Å². The number of nitrogens with zero attached hydrogens (tertiary/aromatic N) is 5. The van der Waals surface area contributed by atoms with Crippen molar-refractivity contribution in [1.29, 1.82) is 0 Å². The lowest BCUT2D eigenvalue weighted by Gasteiger charge is -2.35. The van der Waals surface area contributed by atoms with Gasteiger partial charge in [-0.3, -0.25) is 14.4 Å². The number of unbranched alkanes of at least 4 members (excludes halogenated alkanes) is 2. The average Bonchev–Trinajstić information content (AvgIpc) is 3.44. The number of rotatable bonds is 7. The summed E-state index contributed by atoms with van der Waals surface area (Å²) >= 11 is 1.54. The molecule has 1 N–H and O–H groups in total. The first-order valence-corrected chi connectivity index (χ1v) is 13.6. The number of esters is 1. The average molecular weight is 524 g/mol. The summed E-state index contributed by atoms with van der Waals surface area (Å²) in [6.45, 7) is 1.24. The molecule has 194 valence electrons. The minimum atomic E-state index is -0.861. The van der Waals surface area contributed by atoms with Crippen LogP contribution in [0.3, 0.4) is 0 Å². The van der Waals surface area contributed by atoms with Crippen molar-refractivity contribution in [3.05, 3.63) is 48.6 Å². The largest absolute Gasteiger partial charge is 0.461 e. The van der Waals surface area contributed by atoms with Gasteiger partial charge in [0.05, 0.1) is 22.1 Å². The Hall–Kier alpha value is -3.18. The summed E-state index contributed by atoms with van der Waals surface area (Å²) < 4.78 is 6.25. The highest BCUT2D eigenvalue weighted by Gasteiger charge is 2.71. The zero-order valence-corrected chi connectivity index (χ0v) is 21.1. The number of para-hydroxylation sites is 1. The van der Waals surface area contributed by atoms with E-state index in [9.17, 15) is 19.5 Å². The number of thioether (sulfide) groups is 1. The van der Waals surface area contributed by atoms with Crippen molar-refractivity contribution >= 4 is 40.6 Å². The predicted molar refractivity (Wildman–Crippen MR) is 136 cm³/mol. The third kappa shape index (κ3) is 3.86. The second-order valence-electron chi connectivity index (χ2n) is 9.90. The number of aromatic nitrogens is 3. The smallest absolute Gasteiger partial charge is 0.311 e. The first-order chi connectivity index (χ1) is 18.0. The van der Waals surface area contributed by atoms with E-state index in [1.54, 1.807) is 14.5 Å². The van der Waals surface area contributed by atoms with Crippen LogP contribution < -0.4 is 0 Å².